The molecule has 0 atom stereocenters. The van der Waals surface area contributed by atoms with Crippen LogP contribution in [0, 0.1) is 0 Å². The van der Waals surface area contributed by atoms with Crippen LogP contribution in [-0.2, 0) is 19.4 Å². The van der Waals surface area contributed by atoms with Gasteiger partial charge in [0, 0.05) is 16.8 Å². The number of hydrogen-bond acceptors (Lipinski definition) is 4. The van der Waals surface area contributed by atoms with E-state index < -0.39 is 5.91 Å². The lowest BCUT2D eigenvalue weighted by molar-refractivity contribution is 0.0992. The number of rotatable bonds is 6. The number of hydrogen-bond donors (Lipinski definition) is 3. The second kappa shape index (κ2) is 10.4. The van der Waals surface area contributed by atoms with Crippen molar-refractivity contribution in [3.8, 4) is 28.1 Å². The number of aliphatic hydroxyl groups is 1. The van der Waals surface area contributed by atoms with Gasteiger partial charge in [0.05, 0.1) is 28.6 Å². The summed E-state index contributed by atoms with van der Waals surface area (Å²) < 4.78 is 1.75. The lowest BCUT2D eigenvalue weighted by Gasteiger charge is -2.20. The van der Waals surface area contributed by atoms with Crippen LogP contribution in [-0.4, -0.2) is 26.7 Å². The summed E-state index contributed by atoms with van der Waals surface area (Å²) in [7, 11) is 0. The van der Waals surface area contributed by atoms with E-state index in [9.17, 15) is 14.7 Å². The zero-order valence-electron chi connectivity index (χ0n) is 21.4. The van der Waals surface area contributed by atoms with E-state index in [0.29, 0.717) is 29.1 Å². The number of primary amides is 1. The average Bonchev–Trinajstić information content (AvgIpc) is 3.38. The molecule has 4 aromatic carbocycles. The van der Waals surface area contributed by atoms with E-state index in [1.165, 1.54) is 0 Å². The Balaban J connectivity index is 1.41. The van der Waals surface area contributed by atoms with E-state index in [0.717, 1.165) is 44.8 Å². The van der Waals surface area contributed by atoms with Crippen molar-refractivity contribution in [2.24, 2.45) is 5.73 Å². The molecular weight excluding hydrogens is 524 g/mol. The molecule has 8 heteroatoms. The number of aromatic nitrogens is 2. The van der Waals surface area contributed by atoms with Crippen molar-refractivity contribution in [3.63, 3.8) is 0 Å². The zero-order chi connectivity index (χ0) is 27.8. The molecule has 40 heavy (non-hydrogen) atoms. The SMILES string of the molecule is NC(=O)c1nn(-c2ccc(-c3cccc(CO)c3)cc2)c2c1CCc1ccc(NC(=O)c3ccccc3Cl)cc1-2. The van der Waals surface area contributed by atoms with E-state index in [4.69, 9.17) is 17.3 Å². The van der Waals surface area contributed by atoms with Gasteiger partial charge < -0.3 is 16.2 Å². The van der Waals surface area contributed by atoms with Crippen molar-refractivity contribution in [1.29, 1.82) is 0 Å². The zero-order valence-corrected chi connectivity index (χ0v) is 22.2. The predicted molar refractivity (Wildman–Crippen MR) is 156 cm³/mol. The second-order valence-corrected chi connectivity index (χ2v) is 10.1. The van der Waals surface area contributed by atoms with Gasteiger partial charge in [-0.2, -0.15) is 5.10 Å². The molecule has 0 saturated carbocycles. The summed E-state index contributed by atoms with van der Waals surface area (Å²) in [6.45, 7) is -0.0263. The number of carbonyl (C=O) groups excluding carboxylic acids is 2. The Labute approximate surface area is 235 Å². The van der Waals surface area contributed by atoms with Gasteiger partial charge in [0.15, 0.2) is 5.69 Å². The molecule has 7 nitrogen and oxygen atoms in total. The summed E-state index contributed by atoms with van der Waals surface area (Å²) in [5, 5.41) is 17.5. The maximum atomic E-state index is 12.9. The third kappa shape index (κ3) is 4.66. The van der Waals surface area contributed by atoms with Gasteiger partial charge in [-0.1, -0.05) is 60.1 Å². The first kappa shape index (κ1) is 25.6. The van der Waals surface area contributed by atoms with Crippen molar-refractivity contribution >= 4 is 29.1 Å². The number of halogens is 1. The minimum Gasteiger partial charge on any atom is -0.392 e. The van der Waals surface area contributed by atoms with Gasteiger partial charge in [-0.05, 0) is 77.6 Å². The normalized spacial score (nSPS) is 11.9. The van der Waals surface area contributed by atoms with E-state index in [-0.39, 0.29) is 18.2 Å². The molecule has 198 valence electrons. The van der Waals surface area contributed by atoms with Crippen LogP contribution < -0.4 is 11.1 Å². The maximum absolute atomic E-state index is 12.9. The third-order valence-electron chi connectivity index (χ3n) is 7.16. The number of aryl methyl sites for hydroxylation is 1. The number of aliphatic hydroxyl groups excluding tert-OH is 1. The highest BCUT2D eigenvalue weighted by Gasteiger charge is 2.28. The number of carbonyl (C=O) groups is 2. The Kier molecular flexibility index (Phi) is 6.67. The minimum atomic E-state index is -0.584. The van der Waals surface area contributed by atoms with Gasteiger partial charge >= 0.3 is 0 Å². The Morgan fingerprint density at radius 1 is 0.925 bits per heavy atom. The number of nitrogens with one attached hydrogen (secondary N) is 1. The summed E-state index contributed by atoms with van der Waals surface area (Å²) in [5.74, 6) is -0.896. The van der Waals surface area contributed by atoms with Crippen LogP contribution in [0.15, 0.2) is 91.0 Å². The van der Waals surface area contributed by atoms with Crippen molar-refractivity contribution < 1.29 is 14.7 Å². The van der Waals surface area contributed by atoms with Crippen molar-refractivity contribution in [1.82, 2.24) is 9.78 Å². The number of nitrogens with zero attached hydrogens (tertiary/aromatic N) is 2. The number of amides is 2. The number of nitrogens with two attached hydrogens (primary N) is 1. The monoisotopic (exact) mass is 548 g/mol. The van der Waals surface area contributed by atoms with Gasteiger partial charge in [-0.15, -0.1) is 0 Å². The highest BCUT2D eigenvalue weighted by Crippen LogP contribution is 2.39. The van der Waals surface area contributed by atoms with Crippen molar-refractivity contribution in [2.45, 2.75) is 19.4 Å². The summed E-state index contributed by atoms with van der Waals surface area (Å²) >= 11 is 6.23. The topological polar surface area (TPSA) is 110 Å². The van der Waals surface area contributed by atoms with E-state index in [1.807, 2.05) is 66.7 Å². The Morgan fingerprint density at radius 2 is 1.73 bits per heavy atom. The molecular formula is C32H25ClN4O3. The summed E-state index contributed by atoms with van der Waals surface area (Å²) in [5.41, 5.74) is 14.1. The molecule has 1 heterocycles. The molecule has 0 fully saturated rings. The first-order valence-electron chi connectivity index (χ1n) is 12.8. The summed E-state index contributed by atoms with van der Waals surface area (Å²) in [6, 6.07) is 28.2. The minimum absolute atomic E-state index is 0.0263. The Hall–Kier alpha value is -4.72. The van der Waals surface area contributed by atoms with Crippen molar-refractivity contribution in [3.05, 3.63) is 124 Å². The highest BCUT2D eigenvalue weighted by molar-refractivity contribution is 6.34. The molecule has 0 spiro atoms. The van der Waals surface area contributed by atoms with Crippen LogP contribution in [0.3, 0.4) is 0 Å². The molecule has 5 aromatic rings. The van der Waals surface area contributed by atoms with Crippen LogP contribution in [0.1, 0.15) is 37.5 Å². The Morgan fingerprint density at radius 3 is 2.48 bits per heavy atom. The molecule has 0 bridgehead atoms. The highest BCUT2D eigenvalue weighted by atomic mass is 35.5. The average molecular weight is 549 g/mol. The molecule has 1 aromatic heterocycles. The van der Waals surface area contributed by atoms with E-state index in [2.05, 4.69) is 10.4 Å². The van der Waals surface area contributed by atoms with Gasteiger partial charge in [-0.25, -0.2) is 4.68 Å². The number of anilines is 1. The van der Waals surface area contributed by atoms with Gasteiger partial charge in [0.25, 0.3) is 11.8 Å². The van der Waals surface area contributed by atoms with Crippen LogP contribution >= 0.6 is 11.6 Å². The number of benzene rings is 4. The maximum Gasteiger partial charge on any atom is 0.269 e. The van der Waals surface area contributed by atoms with E-state index >= 15 is 0 Å². The fourth-order valence-electron chi connectivity index (χ4n) is 5.19. The van der Waals surface area contributed by atoms with E-state index in [1.54, 1.807) is 28.9 Å². The number of fused-ring (bicyclic) bond motifs is 3. The van der Waals surface area contributed by atoms with Gasteiger partial charge in [-0.3, -0.25) is 9.59 Å². The third-order valence-corrected chi connectivity index (χ3v) is 7.49. The molecule has 2 amide bonds. The summed E-state index contributed by atoms with van der Waals surface area (Å²) in [6.07, 6.45) is 1.34. The summed E-state index contributed by atoms with van der Waals surface area (Å²) in [4.78, 5) is 25.3. The van der Waals surface area contributed by atoms with Crippen LogP contribution in [0.2, 0.25) is 5.02 Å². The van der Waals surface area contributed by atoms with Crippen LogP contribution in [0.4, 0.5) is 5.69 Å². The van der Waals surface area contributed by atoms with Crippen molar-refractivity contribution in [2.75, 3.05) is 5.32 Å². The standard InChI is InChI=1S/C32H25ClN4O3/c33-28-7-2-1-6-25(28)32(40)35-23-12-8-21-11-15-26-29(31(34)39)36-37(30(26)27(21)17-23)24-13-9-20(10-14-24)22-5-3-4-19(16-22)18-38/h1-10,12-14,16-17,38H,11,15,18H2,(H2,34,39)(H,35,40). The quantitative estimate of drug-likeness (QED) is 0.249. The largest absolute Gasteiger partial charge is 0.392 e. The van der Waals surface area contributed by atoms with Crippen LogP contribution in [0.25, 0.3) is 28.1 Å². The molecule has 0 saturated heterocycles. The van der Waals surface area contributed by atoms with Gasteiger partial charge in [0.2, 0.25) is 0 Å². The Bertz CT molecular complexity index is 1780. The molecule has 1 aliphatic rings. The van der Waals surface area contributed by atoms with Gasteiger partial charge in [0.1, 0.15) is 0 Å². The first-order valence-corrected chi connectivity index (χ1v) is 13.2. The molecule has 0 unspecified atom stereocenters. The lowest BCUT2D eigenvalue weighted by Crippen LogP contribution is -2.15. The predicted octanol–water partition coefficient (Wildman–Crippen LogP) is 5.80. The van der Waals surface area contributed by atoms with Crippen LogP contribution in [0.5, 0.6) is 0 Å². The molecule has 4 N–H and O–H groups in total. The molecule has 6 rings (SSSR count). The second-order valence-electron chi connectivity index (χ2n) is 9.66. The fourth-order valence-corrected chi connectivity index (χ4v) is 5.41. The first-order chi connectivity index (χ1) is 19.4. The molecule has 1 aliphatic carbocycles. The lowest BCUT2D eigenvalue weighted by atomic mass is 9.88. The molecule has 0 aliphatic heterocycles. The molecule has 0 radical (unpaired) electrons. The fraction of sp³-hybridized carbons (Fsp3) is 0.0938. The smallest absolute Gasteiger partial charge is 0.269 e.